The smallest absolute Gasteiger partial charge is 0.261 e. The Balaban J connectivity index is 1.48. The molecule has 0 bridgehead atoms. The number of amides is 2. The highest BCUT2D eigenvalue weighted by atomic mass is 16.2. The highest BCUT2D eigenvalue weighted by molar-refractivity contribution is 6.21. The van der Waals surface area contributed by atoms with Crippen LogP contribution in [0.4, 0.5) is 0 Å². The standard InChI is InChI=1S/C17H22N2O2/c20-16-14-8-4-5-9-15(14)17(21)19(16)11-10-18-12-13-6-2-1-3-7-13/h4-5,8-9,13,18H,1-3,6-7,10-12H2. The molecule has 4 heteroatoms. The van der Waals surface area contributed by atoms with E-state index in [-0.39, 0.29) is 11.8 Å². The van der Waals surface area contributed by atoms with Crippen LogP contribution in [0.25, 0.3) is 0 Å². The number of rotatable bonds is 5. The van der Waals surface area contributed by atoms with E-state index in [9.17, 15) is 9.59 Å². The van der Waals surface area contributed by atoms with Crippen molar-refractivity contribution in [1.82, 2.24) is 10.2 Å². The second-order valence-electron chi connectivity index (χ2n) is 6.02. The lowest BCUT2D eigenvalue weighted by molar-refractivity contribution is 0.0655. The molecule has 1 aliphatic carbocycles. The zero-order valence-corrected chi connectivity index (χ0v) is 12.3. The molecule has 0 saturated heterocycles. The molecule has 0 radical (unpaired) electrons. The van der Waals surface area contributed by atoms with E-state index < -0.39 is 0 Å². The molecule has 112 valence electrons. The largest absolute Gasteiger partial charge is 0.315 e. The normalized spacial score (nSPS) is 19.1. The fourth-order valence-electron chi connectivity index (χ4n) is 3.33. The number of fused-ring (bicyclic) bond motifs is 1. The van der Waals surface area contributed by atoms with Crippen molar-refractivity contribution in [3.63, 3.8) is 0 Å². The monoisotopic (exact) mass is 286 g/mol. The summed E-state index contributed by atoms with van der Waals surface area (Å²) in [5.41, 5.74) is 1.07. The first-order valence-corrected chi connectivity index (χ1v) is 7.93. The molecular formula is C17H22N2O2. The summed E-state index contributed by atoms with van der Waals surface area (Å²) in [5.74, 6) is 0.450. The Kier molecular flexibility index (Phi) is 4.34. The maximum atomic E-state index is 12.2. The molecule has 2 amide bonds. The molecule has 2 aliphatic rings. The zero-order valence-electron chi connectivity index (χ0n) is 12.3. The van der Waals surface area contributed by atoms with E-state index in [4.69, 9.17) is 0 Å². The molecule has 3 rings (SSSR count). The van der Waals surface area contributed by atoms with E-state index >= 15 is 0 Å². The molecule has 1 fully saturated rings. The van der Waals surface area contributed by atoms with Crippen molar-refractivity contribution >= 4 is 11.8 Å². The Hall–Kier alpha value is -1.68. The number of hydrogen-bond donors (Lipinski definition) is 1. The van der Waals surface area contributed by atoms with Gasteiger partial charge in [-0.1, -0.05) is 31.4 Å². The summed E-state index contributed by atoms with van der Waals surface area (Å²) in [4.78, 5) is 25.7. The van der Waals surface area contributed by atoms with Crippen molar-refractivity contribution in [3.05, 3.63) is 35.4 Å². The number of nitrogens with zero attached hydrogens (tertiary/aromatic N) is 1. The zero-order chi connectivity index (χ0) is 14.7. The number of nitrogens with one attached hydrogen (secondary N) is 1. The van der Waals surface area contributed by atoms with Crippen LogP contribution in [0.1, 0.15) is 52.8 Å². The molecule has 21 heavy (non-hydrogen) atoms. The van der Waals surface area contributed by atoms with E-state index in [0.29, 0.717) is 24.2 Å². The molecule has 1 N–H and O–H groups in total. The summed E-state index contributed by atoms with van der Waals surface area (Å²) >= 11 is 0. The van der Waals surface area contributed by atoms with E-state index in [1.807, 2.05) is 0 Å². The van der Waals surface area contributed by atoms with Crippen LogP contribution in [0.3, 0.4) is 0 Å². The van der Waals surface area contributed by atoms with E-state index in [1.54, 1.807) is 24.3 Å². The van der Waals surface area contributed by atoms with Crippen molar-refractivity contribution in [2.24, 2.45) is 5.92 Å². The summed E-state index contributed by atoms with van der Waals surface area (Å²) in [7, 11) is 0. The molecular weight excluding hydrogens is 264 g/mol. The van der Waals surface area contributed by atoms with E-state index in [1.165, 1.54) is 37.0 Å². The predicted octanol–water partition coefficient (Wildman–Crippen LogP) is 2.45. The summed E-state index contributed by atoms with van der Waals surface area (Å²) in [5, 5.41) is 3.40. The fraction of sp³-hybridized carbons (Fsp3) is 0.529. The van der Waals surface area contributed by atoms with Gasteiger partial charge in [-0.25, -0.2) is 0 Å². The summed E-state index contributed by atoms with van der Waals surface area (Å²) < 4.78 is 0. The molecule has 0 atom stereocenters. The van der Waals surface area contributed by atoms with Gasteiger partial charge in [0.25, 0.3) is 11.8 Å². The van der Waals surface area contributed by atoms with E-state index in [0.717, 1.165) is 12.5 Å². The summed E-state index contributed by atoms with van der Waals surface area (Å²) in [6.45, 7) is 2.14. The van der Waals surface area contributed by atoms with Gasteiger partial charge in [-0.3, -0.25) is 14.5 Å². The van der Waals surface area contributed by atoms with Crippen LogP contribution in [0.15, 0.2) is 24.3 Å². The van der Waals surface area contributed by atoms with Gasteiger partial charge in [0.15, 0.2) is 0 Å². The van der Waals surface area contributed by atoms with Crippen LogP contribution in [0, 0.1) is 5.92 Å². The Bertz CT molecular complexity index is 500. The molecule has 0 unspecified atom stereocenters. The van der Waals surface area contributed by atoms with Gasteiger partial charge in [0.05, 0.1) is 11.1 Å². The summed E-state index contributed by atoms with van der Waals surface area (Å²) in [6.07, 6.45) is 6.65. The lowest BCUT2D eigenvalue weighted by atomic mass is 9.89. The van der Waals surface area contributed by atoms with Crippen LogP contribution in [0.5, 0.6) is 0 Å². The molecule has 1 aromatic rings. The lowest BCUT2D eigenvalue weighted by Crippen LogP contribution is -2.37. The number of carbonyl (C=O) groups excluding carboxylic acids is 2. The van der Waals surface area contributed by atoms with Gasteiger partial charge < -0.3 is 5.32 Å². The quantitative estimate of drug-likeness (QED) is 0.668. The first-order chi connectivity index (χ1) is 10.3. The van der Waals surface area contributed by atoms with E-state index in [2.05, 4.69) is 5.32 Å². The first-order valence-electron chi connectivity index (χ1n) is 7.93. The van der Waals surface area contributed by atoms with Crippen molar-refractivity contribution in [2.75, 3.05) is 19.6 Å². The molecule has 4 nitrogen and oxygen atoms in total. The topological polar surface area (TPSA) is 49.4 Å². The minimum Gasteiger partial charge on any atom is -0.315 e. The van der Waals surface area contributed by atoms with Crippen molar-refractivity contribution < 1.29 is 9.59 Å². The Morgan fingerprint density at radius 1 is 1.00 bits per heavy atom. The molecule has 1 aromatic carbocycles. The molecule has 1 heterocycles. The third-order valence-corrected chi connectivity index (χ3v) is 4.55. The lowest BCUT2D eigenvalue weighted by Gasteiger charge is -2.22. The third kappa shape index (κ3) is 3.00. The minimum absolute atomic E-state index is 0.157. The van der Waals surface area contributed by atoms with Gasteiger partial charge in [0, 0.05) is 13.1 Å². The number of hydrogen-bond acceptors (Lipinski definition) is 3. The Morgan fingerprint density at radius 3 is 2.24 bits per heavy atom. The first kappa shape index (κ1) is 14.3. The molecule has 1 aliphatic heterocycles. The van der Waals surface area contributed by atoms with Crippen LogP contribution in [0.2, 0.25) is 0 Å². The fourth-order valence-corrected chi connectivity index (χ4v) is 3.33. The highest BCUT2D eigenvalue weighted by Crippen LogP contribution is 2.23. The second kappa shape index (κ2) is 6.39. The SMILES string of the molecule is O=C1c2ccccc2C(=O)N1CCNCC1CCCCC1. The molecule has 0 aromatic heterocycles. The van der Waals surface area contributed by atoms with Crippen molar-refractivity contribution in [2.45, 2.75) is 32.1 Å². The van der Waals surface area contributed by atoms with Gasteiger partial charge in [-0.05, 0) is 37.4 Å². The highest BCUT2D eigenvalue weighted by Gasteiger charge is 2.34. The van der Waals surface area contributed by atoms with Crippen LogP contribution < -0.4 is 5.32 Å². The van der Waals surface area contributed by atoms with Crippen molar-refractivity contribution in [3.8, 4) is 0 Å². The average Bonchev–Trinajstić information content (AvgIpc) is 2.77. The van der Waals surface area contributed by atoms with Gasteiger partial charge >= 0.3 is 0 Å². The van der Waals surface area contributed by atoms with Crippen LogP contribution in [-0.2, 0) is 0 Å². The number of carbonyl (C=O) groups is 2. The maximum Gasteiger partial charge on any atom is 0.261 e. The molecule has 0 spiro atoms. The van der Waals surface area contributed by atoms with Crippen molar-refractivity contribution in [1.29, 1.82) is 0 Å². The predicted molar refractivity (Wildman–Crippen MR) is 81.3 cm³/mol. The van der Waals surface area contributed by atoms with Crippen LogP contribution >= 0.6 is 0 Å². The van der Waals surface area contributed by atoms with Crippen LogP contribution in [-0.4, -0.2) is 36.3 Å². The second-order valence-corrected chi connectivity index (χ2v) is 6.02. The molecule has 1 saturated carbocycles. The average molecular weight is 286 g/mol. The van der Waals surface area contributed by atoms with Gasteiger partial charge in [-0.2, -0.15) is 0 Å². The van der Waals surface area contributed by atoms with Gasteiger partial charge in [-0.15, -0.1) is 0 Å². The number of imide groups is 1. The Labute approximate surface area is 125 Å². The number of benzene rings is 1. The minimum atomic E-state index is -0.157. The Morgan fingerprint density at radius 2 is 1.62 bits per heavy atom. The van der Waals surface area contributed by atoms with Gasteiger partial charge in [0.1, 0.15) is 0 Å². The summed E-state index contributed by atoms with van der Waals surface area (Å²) in [6, 6.07) is 7.06. The van der Waals surface area contributed by atoms with Gasteiger partial charge in [0.2, 0.25) is 0 Å². The third-order valence-electron chi connectivity index (χ3n) is 4.55. The maximum absolute atomic E-state index is 12.2.